The van der Waals surface area contributed by atoms with Gasteiger partial charge in [-0.05, 0) is 0 Å². The Hall–Kier alpha value is -0.740. The number of rotatable bonds is 0. The third kappa shape index (κ3) is 0.652. The molecule has 1 rings (SSSR count). The highest BCUT2D eigenvalue weighted by molar-refractivity contribution is 4.79. The smallest absolute Gasteiger partial charge is 0.0361 e. The van der Waals surface area contributed by atoms with Crippen LogP contribution in [0.15, 0.2) is 12.4 Å². The summed E-state index contributed by atoms with van der Waals surface area (Å²) in [5.41, 5.74) is 2.73. The molecule has 1 heterocycles. The second-order valence-corrected chi connectivity index (χ2v) is 1.36. The molecular weight excluding hydrogens is 92.1 g/mol. The van der Waals surface area contributed by atoms with E-state index in [4.69, 9.17) is 5.84 Å². The van der Waals surface area contributed by atoms with Crippen molar-refractivity contribution in [3.05, 3.63) is 12.4 Å². The predicted molar refractivity (Wildman–Crippen MR) is 26.1 cm³/mol. The summed E-state index contributed by atoms with van der Waals surface area (Å²) in [7, 11) is 1.84. The molecule has 4 nitrogen and oxygen atoms in total. The fourth-order valence-corrected chi connectivity index (χ4v) is 0.380. The minimum atomic E-state index is 1.38. The highest BCUT2D eigenvalue weighted by Gasteiger charge is 2.02. The molecule has 7 heavy (non-hydrogen) atoms. The van der Waals surface area contributed by atoms with E-state index < -0.39 is 0 Å². The molecule has 4 heteroatoms. The van der Waals surface area contributed by atoms with Crippen molar-refractivity contribution in [3.63, 3.8) is 0 Å². The fraction of sp³-hybridized carbons (Fsp3) is 0.333. The molecular formula is C3H8N4. The lowest BCUT2D eigenvalue weighted by Crippen LogP contribution is -2.44. The Morgan fingerprint density at radius 1 is 1.71 bits per heavy atom. The van der Waals surface area contributed by atoms with Crippen molar-refractivity contribution in [1.82, 2.24) is 15.7 Å². The molecule has 0 fully saturated rings. The normalized spacial score (nSPS) is 20.6. The van der Waals surface area contributed by atoms with Gasteiger partial charge in [-0.3, -0.25) is 10.4 Å². The number of nitrogens with zero attached hydrogens (tertiary/aromatic N) is 2. The van der Waals surface area contributed by atoms with Gasteiger partial charge in [0.25, 0.3) is 0 Å². The van der Waals surface area contributed by atoms with Crippen molar-refractivity contribution in [2.24, 2.45) is 5.84 Å². The number of hydrogen-bond donors (Lipinski definition) is 2. The summed E-state index contributed by atoms with van der Waals surface area (Å²) in [6.45, 7) is 0. The summed E-state index contributed by atoms with van der Waals surface area (Å²) in [6.07, 6.45) is 3.57. The molecule has 0 aliphatic carbocycles. The topological polar surface area (TPSA) is 44.5 Å². The second-order valence-electron chi connectivity index (χ2n) is 1.36. The highest BCUT2D eigenvalue weighted by atomic mass is 15.9. The fourth-order valence-electron chi connectivity index (χ4n) is 0.380. The van der Waals surface area contributed by atoms with Gasteiger partial charge in [0.2, 0.25) is 0 Å². The van der Waals surface area contributed by atoms with E-state index in [1.807, 2.05) is 13.2 Å². The number of nitrogens with one attached hydrogen (secondary N) is 1. The van der Waals surface area contributed by atoms with Gasteiger partial charge in [-0.25, -0.2) is 5.84 Å². The molecule has 0 aromatic rings. The van der Waals surface area contributed by atoms with Gasteiger partial charge in [0, 0.05) is 19.4 Å². The van der Waals surface area contributed by atoms with E-state index in [1.54, 1.807) is 11.2 Å². The van der Waals surface area contributed by atoms with Gasteiger partial charge >= 0.3 is 0 Å². The Morgan fingerprint density at radius 2 is 2.43 bits per heavy atom. The summed E-state index contributed by atoms with van der Waals surface area (Å²) < 4.78 is 0. The monoisotopic (exact) mass is 100 g/mol. The third-order valence-electron chi connectivity index (χ3n) is 0.837. The third-order valence-corrected chi connectivity index (χ3v) is 0.837. The standard InChI is InChI=1S/C3H8N4/c1-6-3-2-5-7(6)4/h2-3,5H,4H2,1H3. The molecule has 1 aliphatic rings. The van der Waals surface area contributed by atoms with E-state index in [2.05, 4.69) is 5.43 Å². The van der Waals surface area contributed by atoms with E-state index in [-0.39, 0.29) is 0 Å². The summed E-state index contributed by atoms with van der Waals surface area (Å²) >= 11 is 0. The SMILES string of the molecule is CN1C=CNN1N. The van der Waals surface area contributed by atoms with Gasteiger partial charge in [0.1, 0.15) is 0 Å². The minimum Gasteiger partial charge on any atom is -0.293 e. The van der Waals surface area contributed by atoms with Gasteiger partial charge < -0.3 is 0 Å². The van der Waals surface area contributed by atoms with Crippen LogP contribution in [-0.4, -0.2) is 17.3 Å². The lowest BCUT2D eigenvalue weighted by Gasteiger charge is -2.17. The lowest BCUT2D eigenvalue weighted by molar-refractivity contribution is 0.0303. The van der Waals surface area contributed by atoms with E-state index in [1.165, 1.54) is 5.23 Å². The number of hydrazine groups is 3. The Balaban J connectivity index is 2.45. The van der Waals surface area contributed by atoms with Gasteiger partial charge in [-0.2, -0.15) is 0 Å². The van der Waals surface area contributed by atoms with E-state index in [0.29, 0.717) is 0 Å². The zero-order valence-corrected chi connectivity index (χ0v) is 4.13. The largest absolute Gasteiger partial charge is 0.293 e. The van der Waals surface area contributed by atoms with Gasteiger partial charge in [-0.1, -0.05) is 5.23 Å². The molecule has 0 atom stereocenters. The maximum absolute atomic E-state index is 5.26. The van der Waals surface area contributed by atoms with Crippen LogP contribution in [0.4, 0.5) is 0 Å². The molecule has 0 unspecified atom stereocenters. The summed E-state index contributed by atoms with van der Waals surface area (Å²) in [5.74, 6) is 5.26. The molecule has 0 spiro atoms. The Bertz CT molecular complexity index is 88.9. The van der Waals surface area contributed by atoms with E-state index >= 15 is 0 Å². The summed E-state index contributed by atoms with van der Waals surface area (Å²) in [5, 5.41) is 3.10. The second kappa shape index (κ2) is 1.40. The van der Waals surface area contributed by atoms with Crippen LogP contribution in [0.1, 0.15) is 0 Å². The zero-order chi connectivity index (χ0) is 5.28. The van der Waals surface area contributed by atoms with Crippen molar-refractivity contribution in [3.8, 4) is 0 Å². The van der Waals surface area contributed by atoms with Crippen LogP contribution in [0.25, 0.3) is 0 Å². The van der Waals surface area contributed by atoms with Crippen molar-refractivity contribution < 1.29 is 0 Å². The quantitative estimate of drug-likeness (QED) is 0.383. The van der Waals surface area contributed by atoms with Crippen LogP contribution in [0.2, 0.25) is 0 Å². The molecule has 3 N–H and O–H groups in total. The minimum absolute atomic E-state index is 1.38. The van der Waals surface area contributed by atoms with Crippen LogP contribution >= 0.6 is 0 Å². The van der Waals surface area contributed by atoms with Gasteiger partial charge in [-0.15, -0.1) is 0 Å². The molecule has 0 radical (unpaired) electrons. The molecule has 40 valence electrons. The van der Waals surface area contributed by atoms with Crippen LogP contribution in [0.3, 0.4) is 0 Å². The zero-order valence-electron chi connectivity index (χ0n) is 4.13. The molecule has 0 saturated carbocycles. The van der Waals surface area contributed by atoms with Crippen molar-refractivity contribution in [2.75, 3.05) is 7.05 Å². The van der Waals surface area contributed by atoms with Crippen LogP contribution in [0, 0.1) is 0 Å². The molecule has 0 amide bonds. The van der Waals surface area contributed by atoms with E-state index in [0.717, 1.165) is 0 Å². The highest BCUT2D eigenvalue weighted by Crippen LogP contribution is 1.89. The summed E-state index contributed by atoms with van der Waals surface area (Å²) in [4.78, 5) is 0. The Kier molecular flexibility index (Phi) is 0.883. The Morgan fingerprint density at radius 3 is 2.57 bits per heavy atom. The average molecular weight is 100 g/mol. The molecule has 0 aromatic heterocycles. The van der Waals surface area contributed by atoms with Gasteiger partial charge in [0.05, 0.1) is 0 Å². The van der Waals surface area contributed by atoms with Crippen molar-refractivity contribution in [2.45, 2.75) is 0 Å². The van der Waals surface area contributed by atoms with Crippen LogP contribution in [-0.2, 0) is 0 Å². The summed E-state index contributed by atoms with van der Waals surface area (Å²) in [6, 6.07) is 0. The van der Waals surface area contributed by atoms with Crippen LogP contribution < -0.4 is 11.3 Å². The maximum atomic E-state index is 5.26. The van der Waals surface area contributed by atoms with Gasteiger partial charge in [0.15, 0.2) is 0 Å². The molecule has 0 saturated heterocycles. The van der Waals surface area contributed by atoms with Crippen LogP contribution in [0.5, 0.6) is 0 Å². The van der Waals surface area contributed by atoms with Crippen molar-refractivity contribution >= 4 is 0 Å². The maximum Gasteiger partial charge on any atom is 0.0361 e. The average Bonchev–Trinajstić information content (AvgIpc) is 1.91. The lowest BCUT2D eigenvalue weighted by atomic mass is 10.9. The van der Waals surface area contributed by atoms with Crippen molar-refractivity contribution in [1.29, 1.82) is 0 Å². The Labute approximate surface area is 42.1 Å². The first-order chi connectivity index (χ1) is 3.30. The first-order valence-electron chi connectivity index (χ1n) is 2.01. The molecule has 0 bridgehead atoms. The molecule has 1 aliphatic heterocycles. The first kappa shape index (κ1) is 4.42. The molecule has 0 aromatic carbocycles. The first-order valence-corrected chi connectivity index (χ1v) is 2.01. The number of hydrogen-bond acceptors (Lipinski definition) is 4. The predicted octanol–water partition coefficient (Wildman–Crippen LogP) is -1.00. The van der Waals surface area contributed by atoms with E-state index in [9.17, 15) is 0 Å². The number of nitrogens with two attached hydrogens (primary N) is 1.